The zero-order valence-corrected chi connectivity index (χ0v) is 22.7. The van der Waals surface area contributed by atoms with Crippen LogP contribution in [0.2, 0.25) is 0 Å². The molecule has 3 aromatic carbocycles. The summed E-state index contributed by atoms with van der Waals surface area (Å²) in [5.41, 5.74) is 4.12. The molecule has 12 heteroatoms. The summed E-state index contributed by atoms with van der Waals surface area (Å²) in [5.74, 6) is -1.66. The molecule has 0 fully saturated rings. The maximum absolute atomic E-state index is 13.2. The Bertz CT molecular complexity index is 1680. The highest BCUT2D eigenvalue weighted by molar-refractivity contribution is 7.14. The Balaban J connectivity index is 1.30. The van der Waals surface area contributed by atoms with Gasteiger partial charge in [0.2, 0.25) is 0 Å². The van der Waals surface area contributed by atoms with Gasteiger partial charge < -0.3 is 15.8 Å². The molecule has 0 aliphatic carbocycles. The minimum atomic E-state index is -0.632. The maximum atomic E-state index is 13.2. The van der Waals surface area contributed by atoms with Crippen molar-refractivity contribution in [1.82, 2.24) is 4.98 Å². The van der Waals surface area contributed by atoms with Gasteiger partial charge in [-0.15, -0.1) is 11.3 Å². The smallest absolute Gasteiger partial charge is 0.283 e. The van der Waals surface area contributed by atoms with Gasteiger partial charge in [0.25, 0.3) is 17.7 Å². The number of imide groups is 1. The number of hydrogen-bond acceptors (Lipinski definition) is 9. The first-order valence-electron chi connectivity index (χ1n) is 11.9. The first kappa shape index (κ1) is 27.0. The third-order valence-corrected chi connectivity index (χ3v) is 7.46. The molecule has 4 aromatic rings. The van der Waals surface area contributed by atoms with E-state index in [0.29, 0.717) is 27.8 Å². The Labute approximate surface area is 237 Å². The predicted octanol–water partition coefficient (Wildman–Crippen LogP) is 5.81. The molecule has 10 nitrogen and oxygen atoms in total. The van der Waals surface area contributed by atoms with Crippen molar-refractivity contribution in [3.63, 3.8) is 0 Å². The summed E-state index contributed by atoms with van der Waals surface area (Å²) in [6.45, 7) is 3.71. The van der Waals surface area contributed by atoms with Gasteiger partial charge in [-0.05, 0) is 61.4 Å². The normalized spacial score (nSPS) is 13.2. The van der Waals surface area contributed by atoms with Crippen LogP contribution in [-0.2, 0) is 9.59 Å². The van der Waals surface area contributed by atoms with Gasteiger partial charge in [0.05, 0.1) is 17.1 Å². The first-order chi connectivity index (χ1) is 19.1. The van der Waals surface area contributed by atoms with Crippen LogP contribution >= 0.6 is 22.9 Å². The molecule has 2 heterocycles. The van der Waals surface area contributed by atoms with Crippen molar-refractivity contribution in [1.29, 1.82) is 0 Å². The molecule has 1 aliphatic rings. The quantitative estimate of drug-likeness (QED) is 0.186. The van der Waals surface area contributed by atoms with Crippen molar-refractivity contribution >= 4 is 62.9 Å². The van der Waals surface area contributed by atoms with Gasteiger partial charge in [-0.3, -0.25) is 24.9 Å². The molecule has 3 amide bonds. The second-order valence-electron chi connectivity index (χ2n) is 8.87. The zero-order valence-electron chi connectivity index (χ0n) is 21.1. The van der Waals surface area contributed by atoms with Crippen LogP contribution in [0.25, 0.3) is 11.3 Å². The molecule has 0 saturated heterocycles. The minimum Gasteiger partial charge on any atom is -0.733 e. The number of carbonyl (C=O) groups excluding carboxylic acids is 3. The van der Waals surface area contributed by atoms with E-state index in [9.17, 15) is 19.6 Å². The monoisotopic (exact) mass is 574 g/mol. The fourth-order valence-corrected chi connectivity index (χ4v) is 5.01. The molecule has 0 atom stereocenters. The second-order valence-corrected chi connectivity index (χ2v) is 10.1. The SMILES string of the molecule is Cc1cccc(N2C(=O)C(Cl)=C(Nc3cccc(C(=O)Nc4nc(-c5ccc(N([O-])O)cc5)cs4)c3)C2=O)c1C. The lowest BCUT2D eigenvalue weighted by atomic mass is 10.1. The van der Waals surface area contributed by atoms with Crippen LogP contribution in [0.1, 0.15) is 21.5 Å². The van der Waals surface area contributed by atoms with E-state index in [1.54, 1.807) is 47.8 Å². The number of benzene rings is 3. The Hall–Kier alpha value is -4.55. The van der Waals surface area contributed by atoms with E-state index in [4.69, 9.17) is 16.8 Å². The molecule has 1 aliphatic heterocycles. The van der Waals surface area contributed by atoms with Gasteiger partial charge in [0.1, 0.15) is 10.7 Å². The third kappa shape index (κ3) is 5.18. The van der Waals surface area contributed by atoms with Crippen LogP contribution in [0.4, 0.5) is 22.2 Å². The molecule has 5 rings (SSSR count). The molecular formula is C28H21ClN5O5S-. The van der Waals surface area contributed by atoms with Crippen LogP contribution in [0.3, 0.4) is 0 Å². The predicted molar refractivity (Wildman–Crippen MR) is 154 cm³/mol. The van der Waals surface area contributed by atoms with Crippen LogP contribution in [0.15, 0.2) is 82.8 Å². The van der Waals surface area contributed by atoms with Gasteiger partial charge in [0, 0.05) is 22.2 Å². The molecule has 1 aromatic heterocycles. The highest BCUT2D eigenvalue weighted by Gasteiger charge is 2.39. The highest BCUT2D eigenvalue weighted by Crippen LogP contribution is 2.33. The Morgan fingerprint density at radius 2 is 1.77 bits per heavy atom. The number of carbonyl (C=O) groups is 3. The molecule has 40 heavy (non-hydrogen) atoms. The second kappa shape index (κ2) is 10.9. The number of nitrogens with zero attached hydrogens (tertiary/aromatic N) is 3. The maximum Gasteiger partial charge on any atom is 0.283 e. The van der Waals surface area contributed by atoms with E-state index in [0.717, 1.165) is 16.0 Å². The van der Waals surface area contributed by atoms with E-state index < -0.39 is 17.7 Å². The molecule has 0 saturated carbocycles. The highest BCUT2D eigenvalue weighted by atomic mass is 35.5. The van der Waals surface area contributed by atoms with Crippen LogP contribution < -0.4 is 20.8 Å². The first-order valence-corrected chi connectivity index (χ1v) is 13.1. The van der Waals surface area contributed by atoms with Crippen molar-refractivity contribution in [2.75, 3.05) is 20.8 Å². The summed E-state index contributed by atoms with van der Waals surface area (Å²) < 4.78 is 0. The molecule has 0 bridgehead atoms. The van der Waals surface area contributed by atoms with Gasteiger partial charge in [0.15, 0.2) is 5.13 Å². The van der Waals surface area contributed by atoms with Gasteiger partial charge >= 0.3 is 0 Å². The lowest BCUT2D eigenvalue weighted by Gasteiger charge is -2.21. The lowest BCUT2D eigenvalue weighted by molar-refractivity contribution is -0.120. The molecule has 0 radical (unpaired) electrons. The molecule has 0 spiro atoms. The molecule has 3 N–H and O–H groups in total. The number of rotatable bonds is 7. The van der Waals surface area contributed by atoms with E-state index in [1.165, 1.54) is 29.5 Å². The van der Waals surface area contributed by atoms with E-state index in [-0.39, 0.29) is 27.2 Å². The molecule has 0 unspecified atom stereocenters. The fraction of sp³-hybridized carbons (Fsp3) is 0.0714. The van der Waals surface area contributed by atoms with E-state index >= 15 is 0 Å². The Morgan fingerprint density at radius 1 is 1.05 bits per heavy atom. The molecule has 202 valence electrons. The molecular weight excluding hydrogens is 554 g/mol. The topological polar surface area (TPSA) is 138 Å². The number of amides is 3. The average Bonchev–Trinajstić information content (AvgIpc) is 3.49. The zero-order chi connectivity index (χ0) is 28.6. The summed E-state index contributed by atoms with van der Waals surface area (Å²) in [6.07, 6.45) is 0. The largest absolute Gasteiger partial charge is 0.733 e. The van der Waals surface area contributed by atoms with Gasteiger partial charge in [-0.2, -0.15) is 0 Å². The number of thiazole rings is 1. The van der Waals surface area contributed by atoms with Crippen molar-refractivity contribution in [3.8, 4) is 11.3 Å². The fourth-order valence-electron chi connectivity index (χ4n) is 4.08. The standard InChI is InChI=1S/C28H21ClN5O5S/c1-15-5-3-8-22(16(15)2)33-26(36)23(29)24(27(33)37)30-19-7-4-6-18(13-19)25(35)32-28-31-21(14-40-28)17-9-11-20(12-10-17)34(38)39/h3-14,30,38H,1-2H3,(H,31,32,35)/q-1. The number of halogens is 1. The van der Waals surface area contributed by atoms with Crippen molar-refractivity contribution < 1.29 is 19.6 Å². The van der Waals surface area contributed by atoms with Gasteiger partial charge in [-0.25, -0.2) is 9.88 Å². The summed E-state index contributed by atoms with van der Waals surface area (Å²) in [6, 6.07) is 17.9. The number of aryl methyl sites for hydroxylation is 1. The number of hydrogen-bond donors (Lipinski definition) is 3. The number of nitrogens with one attached hydrogen (secondary N) is 2. The third-order valence-electron chi connectivity index (χ3n) is 6.35. The summed E-state index contributed by atoms with van der Waals surface area (Å²) in [7, 11) is 0. The van der Waals surface area contributed by atoms with Crippen molar-refractivity contribution in [2.45, 2.75) is 13.8 Å². The number of aromatic nitrogens is 1. The summed E-state index contributed by atoms with van der Waals surface area (Å²) >= 11 is 7.50. The van der Waals surface area contributed by atoms with Crippen molar-refractivity contribution in [2.24, 2.45) is 0 Å². The van der Waals surface area contributed by atoms with Crippen molar-refractivity contribution in [3.05, 3.63) is 105 Å². The summed E-state index contributed by atoms with van der Waals surface area (Å²) in [5, 5.41) is 27.2. The van der Waals surface area contributed by atoms with Crippen LogP contribution in [0, 0.1) is 19.1 Å². The van der Waals surface area contributed by atoms with E-state index in [1.807, 2.05) is 19.9 Å². The Kier molecular flexibility index (Phi) is 7.37. The Morgan fingerprint density at radius 3 is 2.50 bits per heavy atom. The van der Waals surface area contributed by atoms with Gasteiger partial charge in [-0.1, -0.05) is 41.9 Å². The summed E-state index contributed by atoms with van der Waals surface area (Å²) in [4.78, 5) is 44.5. The number of anilines is 4. The van der Waals surface area contributed by atoms with E-state index in [2.05, 4.69) is 15.6 Å². The van der Waals surface area contributed by atoms with Crippen LogP contribution in [-0.4, -0.2) is 27.9 Å². The van der Waals surface area contributed by atoms with Crippen LogP contribution in [0.5, 0.6) is 0 Å². The lowest BCUT2D eigenvalue weighted by Crippen LogP contribution is -2.33. The minimum absolute atomic E-state index is 0.0815. The average molecular weight is 575 g/mol.